The molecule has 0 unspecified atom stereocenters. The lowest BCUT2D eigenvalue weighted by molar-refractivity contribution is -0.384. The molecule has 0 saturated carbocycles. The second-order valence-electron chi connectivity index (χ2n) is 9.81. The summed E-state index contributed by atoms with van der Waals surface area (Å²) in [5, 5.41) is 15.3. The highest BCUT2D eigenvalue weighted by Crippen LogP contribution is 2.54. The summed E-state index contributed by atoms with van der Waals surface area (Å²) in [6.07, 6.45) is 0. The predicted octanol–water partition coefficient (Wildman–Crippen LogP) is 4.49. The fourth-order valence-electron chi connectivity index (χ4n) is 5.26. The standard InChI is InChI=1S/C29H22N4O8S3/c1-2-41-28(37)15-5-7-16(8-6-15)30-20(34)14-31-27-24(44-29(31)38)21(19-4-3-13-42-19)22-23(43-27)26(36)32(25(22)35)17-9-11-18(12-10-17)33(39)40/h3-13,21-23H,2,14H2,1H3,(H,30,34)/t21-,22-,23+/m0/s1. The number of thioether (sulfide) groups is 1. The molecule has 4 aromatic rings. The second-order valence-corrected chi connectivity index (χ2v) is 12.9. The Hall–Kier alpha value is -4.60. The van der Waals surface area contributed by atoms with E-state index in [9.17, 15) is 34.1 Å². The Morgan fingerprint density at radius 3 is 2.39 bits per heavy atom. The third-order valence-electron chi connectivity index (χ3n) is 7.20. The van der Waals surface area contributed by atoms with Crippen molar-refractivity contribution in [3.63, 3.8) is 0 Å². The van der Waals surface area contributed by atoms with Gasteiger partial charge in [0.2, 0.25) is 17.7 Å². The van der Waals surface area contributed by atoms with E-state index in [4.69, 9.17) is 4.74 Å². The summed E-state index contributed by atoms with van der Waals surface area (Å²) in [6.45, 7) is 1.60. The van der Waals surface area contributed by atoms with Crippen LogP contribution in [0.5, 0.6) is 0 Å². The topological polar surface area (TPSA) is 158 Å². The van der Waals surface area contributed by atoms with Crippen LogP contribution in [0.4, 0.5) is 17.1 Å². The largest absolute Gasteiger partial charge is 0.462 e. The molecule has 224 valence electrons. The number of nitrogens with zero attached hydrogens (tertiary/aromatic N) is 3. The number of anilines is 2. The van der Waals surface area contributed by atoms with Crippen LogP contribution in [0, 0.1) is 16.0 Å². The molecule has 15 heteroatoms. The van der Waals surface area contributed by atoms with Crippen molar-refractivity contribution in [3.8, 4) is 0 Å². The highest BCUT2D eigenvalue weighted by molar-refractivity contribution is 8.00. The van der Waals surface area contributed by atoms with E-state index < -0.39 is 50.6 Å². The molecule has 2 aliphatic rings. The summed E-state index contributed by atoms with van der Waals surface area (Å²) >= 11 is 3.42. The van der Waals surface area contributed by atoms with Crippen molar-refractivity contribution < 1.29 is 28.8 Å². The number of nitrogens with one attached hydrogen (secondary N) is 1. The second kappa shape index (κ2) is 11.8. The predicted molar refractivity (Wildman–Crippen MR) is 164 cm³/mol. The fraction of sp³-hybridized carbons (Fsp3) is 0.207. The number of carbonyl (C=O) groups is 4. The molecule has 44 heavy (non-hydrogen) atoms. The molecule has 3 amide bonds. The molecule has 2 aromatic carbocycles. The first kappa shape index (κ1) is 29.5. The number of aromatic nitrogens is 1. The van der Waals surface area contributed by atoms with Gasteiger partial charge in [0.05, 0.1) is 33.7 Å². The fourth-order valence-corrected chi connectivity index (χ4v) is 8.98. The maximum Gasteiger partial charge on any atom is 0.338 e. The maximum atomic E-state index is 13.8. The van der Waals surface area contributed by atoms with Crippen LogP contribution in [0.1, 0.15) is 33.0 Å². The van der Waals surface area contributed by atoms with E-state index in [0.717, 1.165) is 32.9 Å². The Kier molecular flexibility index (Phi) is 7.92. The summed E-state index contributed by atoms with van der Waals surface area (Å²) in [5.41, 5.74) is 0.798. The molecule has 0 bridgehead atoms. The van der Waals surface area contributed by atoms with Crippen molar-refractivity contribution >= 4 is 75.2 Å². The van der Waals surface area contributed by atoms with Crippen molar-refractivity contribution in [2.24, 2.45) is 5.92 Å². The van der Waals surface area contributed by atoms with Crippen LogP contribution < -0.4 is 15.1 Å². The number of nitro groups is 1. The van der Waals surface area contributed by atoms with E-state index >= 15 is 0 Å². The van der Waals surface area contributed by atoms with Gasteiger partial charge in [0, 0.05) is 33.5 Å². The van der Waals surface area contributed by atoms with E-state index in [1.54, 1.807) is 19.1 Å². The minimum Gasteiger partial charge on any atom is -0.462 e. The van der Waals surface area contributed by atoms with E-state index in [0.29, 0.717) is 21.2 Å². The first-order valence-corrected chi connectivity index (χ1v) is 15.9. The number of nitro benzene ring substituents is 1. The Labute approximate surface area is 261 Å². The van der Waals surface area contributed by atoms with Crippen molar-refractivity contribution in [3.05, 3.63) is 101 Å². The average Bonchev–Trinajstić information content (AvgIpc) is 3.70. The molecule has 12 nitrogen and oxygen atoms in total. The first-order chi connectivity index (χ1) is 21.2. The molecule has 3 atom stereocenters. The summed E-state index contributed by atoms with van der Waals surface area (Å²) in [5.74, 6) is -3.33. The van der Waals surface area contributed by atoms with Crippen molar-refractivity contribution in [2.75, 3.05) is 16.8 Å². The highest BCUT2D eigenvalue weighted by atomic mass is 32.2. The van der Waals surface area contributed by atoms with Crippen LogP contribution >= 0.6 is 34.4 Å². The third-order valence-corrected chi connectivity index (χ3v) is 10.8. The van der Waals surface area contributed by atoms with E-state index in [-0.39, 0.29) is 24.5 Å². The number of thiazole rings is 1. The quantitative estimate of drug-likeness (QED) is 0.126. The van der Waals surface area contributed by atoms with E-state index in [2.05, 4.69) is 5.32 Å². The number of esters is 1. The zero-order valence-electron chi connectivity index (χ0n) is 22.8. The van der Waals surface area contributed by atoms with E-state index in [1.807, 2.05) is 17.5 Å². The van der Waals surface area contributed by atoms with Gasteiger partial charge in [-0.3, -0.25) is 33.9 Å². The summed E-state index contributed by atoms with van der Waals surface area (Å²) in [4.78, 5) is 78.4. The number of fused-ring (bicyclic) bond motifs is 2. The molecule has 0 spiro atoms. The van der Waals surface area contributed by atoms with Crippen LogP contribution in [0.2, 0.25) is 0 Å². The first-order valence-electron chi connectivity index (χ1n) is 13.3. The van der Waals surface area contributed by atoms with Crippen LogP contribution in [0.15, 0.2) is 75.9 Å². The molecule has 1 saturated heterocycles. The van der Waals surface area contributed by atoms with Crippen molar-refractivity contribution in [2.45, 2.75) is 29.7 Å². The van der Waals surface area contributed by atoms with Gasteiger partial charge in [-0.2, -0.15) is 0 Å². The number of amides is 3. The molecule has 0 radical (unpaired) electrons. The summed E-state index contributed by atoms with van der Waals surface area (Å²) < 4.78 is 6.29. The van der Waals surface area contributed by atoms with Crippen LogP contribution in [0.3, 0.4) is 0 Å². The highest BCUT2D eigenvalue weighted by Gasteiger charge is 2.57. The lowest BCUT2D eigenvalue weighted by Gasteiger charge is -2.29. The number of rotatable bonds is 8. The molecule has 1 fully saturated rings. The Morgan fingerprint density at radius 2 is 1.75 bits per heavy atom. The number of ether oxygens (including phenoxy) is 1. The minimum absolute atomic E-state index is 0.171. The number of imide groups is 1. The summed E-state index contributed by atoms with van der Waals surface area (Å²) in [7, 11) is 0. The zero-order chi connectivity index (χ0) is 31.1. The normalized spacial score (nSPS) is 18.9. The van der Waals surface area contributed by atoms with Gasteiger partial charge in [0.1, 0.15) is 11.8 Å². The Balaban J connectivity index is 1.30. The van der Waals surface area contributed by atoms with E-state index in [1.165, 1.54) is 52.3 Å². The number of benzene rings is 2. The number of carbonyl (C=O) groups excluding carboxylic acids is 4. The zero-order valence-corrected chi connectivity index (χ0v) is 25.3. The molecule has 2 aliphatic heterocycles. The molecular weight excluding hydrogens is 629 g/mol. The van der Waals surface area contributed by atoms with Crippen LogP contribution in [0.25, 0.3) is 0 Å². The molecule has 2 aromatic heterocycles. The lowest BCUT2D eigenvalue weighted by atomic mass is 9.87. The SMILES string of the molecule is CCOC(=O)c1ccc(NC(=O)Cn2c3c(sc2=O)[C@@H](c2cccs2)[C@@H]2C(=O)N(c4ccc([N+](=O)[O-])cc4)C(=O)[C@@H]2S3)cc1. The van der Waals surface area contributed by atoms with Crippen molar-refractivity contribution in [1.82, 2.24) is 4.57 Å². The van der Waals surface area contributed by atoms with Gasteiger partial charge in [0.15, 0.2) is 0 Å². The molecular formula is C29H22N4O8S3. The van der Waals surface area contributed by atoms with Gasteiger partial charge in [-0.15, -0.1) is 11.3 Å². The monoisotopic (exact) mass is 650 g/mol. The average molecular weight is 651 g/mol. The van der Waals surface area contributed by atoms with Gasteiger partial charge in [0.25, 0.3) is 5.69 Å². The maximum absolute atomic E-state index is 13.8. The molecule has 0 aliphatic carbocycles. The van der Waals surface area contributed by atoms with Gasteiger partial charge >= 0.3 is 10.8 Å². The number of thiophene rings is 1. The number of hydrogen-bond donors (Lipinski definition) is 1. The number of hydrogen-bond acceptors (Lipinski definition) is 11. The van der Waals surface area contributed by atoms with Gasteiger partial charge in [-0.05, 0) is 54.8 Å². The number of non-ortho nitro benzene ring substituents is 1. The summed E-state index contributed by atoms with van der Waals surface area (Å²) in [6, 6.07) is 15.0. The van der Waals surface area contributed by atoms with Crippen LogP contribution in [-0.2, 0) is 25.7 Å². The van der Waals surface area contributed by atoms with Gasteiger partial charge in [-0.25, -0.2) is 9.69 Å². The van der Waals surface area contributed by atoms with Gasteiger partial charge in [-0.1, -0.05) is 29.2 Å². The van der Waals surface area contributed by atoms with Crippen LogP contribution in [-0.4, -0.2) is 45.0 Å². The molecule has 6 rings (SSSR count). The van der Waals surface area contributed by atoms with Crippen molar-refractivity contribution in [1.29, 1.82) is 0 Å². The molecule has 1 N–H and O–H groups in total. The Morgan fingerprint density at radius 1 is 1.02 bits per heavy atom. The lowest BCUT2D eigenvalue weighted by Crippen LogP contribution is -2.32. The van der Waals surface area contributed by atoms with Gasteiger partial charge < -0.3 is 10.1 Å². The smallest absolute Gasteiger partial charge is 0.338 e. The minimum atomic E-state index is -0.879. The third kappa shape index (κ3) is 5.22. The molecule has 4 heterocycles. The Bertz CT molecular complexity index is 1850.